The number of ether oxygens (including phenoxy) is 1. The van der Waals surface area contributed by atoms with Crippen LogP contribution in [0.5, 0.6) is 5.75 Å². The maximum Gasteiger partial charge on any atom is 0.233 e. The summed E-state index contributed by atoms with van der Waals surface area (Å²) in [6.45, 7) is 1.93. The largest absolute Gasteiger partial charge is 0.497 e. The molecule has 6 nitrogen and oxygen atoms in total. The summed E-state index contributed by atoms with van der Waals surface area (Å²) in [5, 5.41) is 12.6. The number of benzene rings is 2. The number of hydrogen-bond donors (Lipinski definition) is 1. The number of aromatic nitrogens is 3. The van der Waals surface area contributed by atoms with Crippen molar-refractivity contribution in [2.75, 3.05) is 7.11 Å². The topological polar surface area (TPSA) is 69.0 Å². The molecular formula is C24H28N4O2S. The molecule has 0 radical (unpaired) electrons. The molecule has 1 saturated carbocycles. The Labute approximate surface area is 187 Å². The summed E-state index contributed by atoms with van der Waals surface area (Å²) < 4.78 is 7.39. The Morgan fingerprint density at radius 1 is 1.10 bits per heavy atom. The molecule has 1 atom stereocenters. The van der Waals surface area contributed by atoms with Gasteiger partial charge in [0.25, 0.3) is 0 Å². The van der Waals surface area contributed by atoms with Crippen LogP contribution in [-0.2, 0) is 4.79 Å². The monoisotopic (exact) mass is 436 g/mol. The molecule has 0 spiro atoms. The highest BCUT2D eigenvalue weighted by atomic mass is 32.2. The fourth-order valence-corrected chi connectivity index (χ4v) is 4.76. The van der Waals surface area contributed by atoms with E-state index in [0.29, 0.717) is 17.0 Å². The molecule has 0 aliphatic heterocycles. The average Bonchev–Trinajstić information content (AvgIpc) is 3.23. The molecule has 1 N–H and O–H groups in total. The predicted molar refractivity (Wildman–Crippen MR) is 124 cm³/mol. The molecule has 7 heteroatoms. The molecule has 2 aromatic carbocycles. The molecule has 1 unspecified atom stereocenters. The third-order valence-electron chi connectivity index (χ3n) is 5.58. The Morgan fingerprint density at radius 2 is 1.87 bits per heavy atom. The highest BCUT2D eigenvalue weighted by Gasteiger charge is 2.24. The SMILES string of the molecule is COc1cccc(-c2nnc(SC(C)C(=O)NC3CCCCC3)n2-c2ccccc2)c1. The quantitative estimate of drug-likeness (QED) is 0.535. The molecule has 162 valence electrons. The molecule has 1 heterocycles. The molecule has 3 aromatic rings. The fraction of sp³-hybridized carbons (Fsp3) is 0.375. The molecule has 1 aliphatic carbocycles. The number of amides is 1. The van der Waals surface area contributed by atoms with E-state index in [1.54, 1.807) is 7.11 Å². The first kappa shape index (κ1) is 21.4. The summed E-state index contributed by atoms with van der Waals surface area (Å²) >= 11 is 1.43. The molecular weight excluding hydrogens is 408 g/mol. The molecule has 0 bridgehead atoms. The zero-order valence-corrected chi connectivity index (χ0v) is 18.8. The summed E-state index contributed by atoms with van der Waals surface area (Å²) in [6, 6.07) is 18.0. The van der Waals surface area contributed by atoms with Crippen LogP contribution in [0.3, 0.4) is 0 Å². The van der Waals surface area contributed by atoms with E-state index in [-0.39, 0.29) is 11.2 Å². The van der Waals surface area contributed by atoms with E-state index >= 15 is 0 Å². The van der Waals surface area contributed by atoms with Crippen LogP contribution in [0.1, 0.15) is 39.0 Å². The van der Waals surface area contributed by atoms with Crippen molar-refractivity contribution in [3.8, 4) is 22.8 Å². The fourth-order valence-electron chi connectivity index (χ4n) is 3.88. The Hall–Kier alpha value is -2.80. The average molecular weight is 437 g/mol. The number of nitrogens with one attached hydrogen (secondary N) is 1. The molecule has 1 aromatic heterocycles. The maximum atomic E-state index is 12.8. The van der Waals surface area contributed by atoms with Crippen LogP contribution in [0, 0.1) is 0 Å². The second-order valence-electron chi connectivity index (χ2n) is 7.81. The number of thioether (sulfide) groups is 1. The minimum absolute atomic E-state index is 0.0578. The van der Waals surface area contributed by atoms with Gasteiger partial charge in [-0.25, -0.2) is 0 Å². The zero-order valence-electron chi connectivity index (χ0n) is 18.0. The van der Waals surface area contributed by atoms with Gasteiger partial charge in [0.1, 0.15) is 5.75 Å². The summed E-state index contributed by atoms with van der Waals surface area (Å²) in [5.41, 5.74) is 1.86. The second kappa shape index (κ2) is 10.0. The van der Waals surface area contributed by atoms with Gasteiger partial charge in [-0.15, -0.1) is 10.2 Å². The Morgan fingerprint density at radius 3 is 2.61 bits per heavy atom. The van der Waals surface area contributed by atoms with E-state index in [0.717, 1.165) is 29.8 Å². The van der Waals surface area contributed by atoms with E-state index in [4.69, 9.17) is 4.74 Å². The van der Waals surface area contributed by atoms with Crippen molar-refractivity contribution in [2.24, 2.45) is 0 Å². The standard InChI is InChI=1S/C24H28N4O2S/c1-17(23(29)25-19-11-5-3-6-12-19)31-24-27-26-22(18-10-9-15-21(16-18)30-2)28(24)20-13-7-4-8-14-20/h4,7-10,13-17,19H,3,5-6,11-12H2,1-2H3,(H,25,29). The van der Waals surface area contributed by atoms with Crippen LogP contribution >= 0.6 is 11.8 Å². The van der Waals surface area contributed by atoms with Crippen LogP contribution in [0.25, 0.3) is 17.1 Å². The van der Waals surface area contributed by atoms with Crippen molar-refractivity contribution in [3.63, 3.8) is 0 Å². The van der Waals surface area contributed by atoms with E-state index in [1.165, 1.54) is 31.0 Å². The number of para-hydroxylation sites is 1. The lowest BCUT2D eigenvalue weighted by molar-refractivity contribution is -0.121. The van der Waals surface area contributed by atoms with E-state index in [1.807, 2.05) is 66.1 Å². The van der Waals surface area contributed by atoms with Gasteiger partial charge in [-0.05, 0) is 44.0 Å². The molecule has 1 aliphatic rings. The van der Waals surface area contributed by atoms with Gasteiger partial charge in [-0.3, -0.25) is 9.36 Å². The van der Waals surface area contributed by atoms with Gasteiger partial charge < -0.3 is 10.1 Å². The highest BCUT2D eigenvalue weighted by molar-refractivity contribution is 8.00. The van der Waals surface area contributed by atoms with Crippen molar-refractivity contribution in [1.82, 2.24) is 20.1 Å². The van der Waals surface area contributed by atoms with Crippen molar-refractivity contribution in [3.05, 3.63) is 54.6 Å². The summed E-state index contributed by atoms with van der Waals surface area (Å²) in [6.07, 6.45) is 5.80. The third-order valence-corrected chi connectivity index (χ3v) is 6.62. The van der Waals surface area contributed by atoms with Crippen molar-refractivity contribution >= 4 is 17.7 Å². The predicted octanol–water partition coefficient (Wildman–Crippen LogP) is 4.87. The molecule has 1 amide bonds. The van der Waals surface area contributed by atoms with Gasteiger partial charge in [0, 0.05) is 17.3 Å². The number of rotatable bonds is 7. The van der Waals surface area contributed by atoms with Crippen LogP contribution < -0.4 is 10.1 Å². The Bertz CT molecular complexity index is 1020. The number of hydrogen-bond acceptors (Lipinski definition) is 5. The molecule has 31 heavy (non-hydrogen) atoms. The summed E-state index contributed by atoms with van der Waals surface area (Å²) in [4.78, 5) is 12.8. The van der Waals surface area contributed by atoms with E-state index in [2.05, 4.69) is 15.5 Å². The van der Waals surface area contributed by atoms with Gasteiger partial charge in [-0.1, -0.05) is 61.4 Å². The number of nitrogens with zero attached hydrogens (tertiary/aromatic N) is 3. The minimum atomic E-state index is -0.272. The lowest BCUT2D eigenvalue weighted by Gasteiger charge is -2.24. The zero-order chi connectivity index (χ0) is 21.6. The van der Waals surface area contributed by atoms with E-state index < -0.39 is 0 Å². The van der Waals surface area contributed by atoms with Gasteiger partial charge >= 0.3 is 0 Å². The van der Waals surface area contributed by atoms with Crippen LogP contribution in [-0.4, -0.2) is 39.1 Å². The van der Waals surface area contributed by atoms with Crippen molar-refractivity contribution < 1.29 is 9.53 Å². The first-order valence-corrected chi connectivity index (χ1v) is 11.7. The smallest absolute Gasteiger partial charge is 0.233 e. The van der Waals surface area contributed by atoms with Gasteiger partial charge in [0.15, 0.2) is 11.0 Å². The van der Waals surface area contributed by atoms with Crippen molar-refractivity contribution in [1.29, 1.82) is 0 Å². The lowest BCUT2D eigenvalue weighted by Crippen LogP contribution is -2.40. The van der Waals surface area contributed by atoms with Gasteiger partial charge in [-0.2, -0.15) is 0 Å². The van der Waals surface area contributed by atoms with E-state index in [9.17, 15) is 4.79 Å². The first-order chi connectivity index (χ1) is 15.2. The van der Waals surface area contributed by atoms with Gasteiger partial charge in [0.2, 0.25) is 5.91 Å². The van der Waals surface area contributed by atoms with Crippen LogP contribution in [0.2, 0.25) is 0 Å². The lowest BCUT2D eigenvalue weighted by atomic mass is 9.95. The van der Waals surface area contributed by atoms with Crippen molar-refractivity contribution in [2.45, 2.75) is 55.5 Å². The number of carbonyl (C=O) groups is 1. The summed E-state index contributed by atoms with van der Waals surface area (Å²) in [7, 11) is 1.65. The second-order valence-corrected chi connectivity index (χ2v) is 9.12. The Balaban J connectivity index is 1.61. The van der Waals surface area contributed by atoms with Crippen LogP contribution in [0.15, 0.2) is 59.8 Å². The first-order valence-electron chi connectivity index (χ1n) is 10.8. The van der Waals surface area contributed by atoms with Crippen LogP contribution in [0.4, 0.5) is 0 Å². The maximum absolute atomic E-state index is 12.8. The minimum Gasteiger partial charge on any atom is -0.497 e. The molecule has 0 saturated heterocycles. The normalized spacial score (nSPS) is 15.4. The third kappa shape index (κ3) is 5.10. The highest BCUT2D eigenvalue weighted by Crippen LogP contribution is 2.31. The number of methoxy groups -OCH3 is 1. The Kier molecular flexibility index (Phi) is 6.92. The summed E-state index contributed by atoms with van der Waals surface area (Å²) in [5.74, 6) is 1.53. The van der Waals surface area contributed by atoms with Gasteiger partial charge in [0.05, 0.1) is 12.4 Å². The number of carbonyl (C=O) groups excluding carboxylic acids is 1. The molecule has 1 fully saturated rings. The molecule has 4 rings (SSSR count).